The maximum absolute atomic E-state index is 13.3. The van der Waals surface area contributed by atoms with E-state index in [0.29, 0.717) is 28.0 Å². The number of nitrogens with zero attached hydrogens (tertiary/aromatic N) is 2. The second-order valence-electron chi connectivity index (χ2n) is 6.86. The Labute approximate surface area is 161 Å². The molecule has 0 unspecified atom stereocenters. The number of hydrogen-bond donors (Lipinski definition) is 0. The van der Waals surface area contributed by atoms with E-state index in [1.807, 2.05) is 77.9 Å². The maximum atomic E-state index is 13.3. The molecule has 4 heteroatoms. The summed E-state index contributed by atoms with van der Waals surface area (Å²) < 4.78 is 6.32. The Kier molecular flexibility index (Phi) is 3.73. The third kappa shape index (κ3) is 2.41. The highest BCUT2D eigenvalue weighted by Crippen LogP contribution is 2.40. The van der Waals surface area contributed by atoms with Crippen LogP contribution in [-0.4, -0.2) is 10.9 Å². The van der Waals surface area contributed by atoms with E-state index in [-0.39, 0.29) is 17.4 Å². The minimum absolute atomic E-state index is 0.113. The van der Waals surface area contributed by atoms with Crippen LogP contribution in [0.4, 0.5) is 0 Å². The molecule has 0 saturated carbocycles. The summed E-state index contributed by atoms with van der Waals surface area (Å²) in [6.45, 7) is 0. The van der Waals surface area contributed by atoms with Gasteiger partial charge in [-0.1, -0.05) is 54.6 Å². The molecule has 0 radical (unpaired) electrons. The van der Waals surface area contributed by atoms with Gasteiger partial charge in [-0.3, -0.25) is 4.79 Å². The van der Waals surface area contributed by atoms with Crippen LogP contribution < -0.4 is 5.43 Å². The average molecular weight is 364 g/mol. The van der Waals surface area contributed by atoms with Gasteiger partial charge in [0, 0.05) is 6.20 Å². The molecule has 0 fully saturated rings. The van der Waals surface area contributed by atoms with Gasteiger partial charge in [0.2, 0.25) is 0 Å². The van der Waals surface area contributed by atoms with Gasteiger partial charge < -0.3 is 9.32 Å². The molecular formula is C24H16N2O2. The molecule has 134 valence electrons. The highest BCUT2D eigenvalue weighted by atomic mass is 16.3. The maximum Gasteiger partial charge on any atom is 0.200 e. The molecule has 2 aliphatic heterocycles. The fraction of sp³-hybridized carbons (Fsp3) is 0.0833. The lowest BCUT2D eigenvalue weighted by Gasteiger charge is -2.33. The van der Waals surface area contributed by atoms with Gasteiger partial charge in [-0.2, -0.15) is 5.26 Å². The first-order chi connectivity index (χ1) is 13.8. The minimum atomic E-state index is -0.225. The van der Waals surface area contributed by atoms with Crippen LogP contribution in [-0.2, 0) is 0 Å². The summed E-state index contributed by atoms with van der Waals surface area (Å²) >= 11 is 0. The van der Waals surface area contributed by atoms with Crippen LogP contribution in [0.25, 0.3) is 17.0 Å². The zero-order chi connectivity index (χ0) is 19.1. The zero-order valence-corrected chi connectivity index (χ0v) is 14.9. The van der Waals surface area contributed by atoms with Crippen molar-refractivity contribution < 1.29 is 4.42 Å². The number of allylic oxidation sites excluding steroid dienone is 3. The summed E-state index contributed by atoms with van der Waals surface area (Å²) in [7, 11) is 0. The third-order valence-electron chi connectivity index (χ3n) is 5.31. The van der Waals surface area contributed by atoms with E-state index in [4.69, 9.17) is 4.42 Å². The van der Waals surface area contributed by atoms with Crippen LogP contribution in [0.5, 0.6) is 0 Å². The van der Waals surface area contributed by atoms with Crippen molar-refractivity contribution in [2.24, 2.45) is 0 Å². The molecule has 4 nitrogen and oxygen atoms in total. The van der Waals surface area contributed by atoms with Crippen LogP contribution in [0.15, 0.2) is 93.9 Å². The van der Waals surface area contributed by atoms with E-state index in [2.05, 4.69) is 6.07 Å². The first-order valence-corrected chi connectivity index (χ1v) is 9.14. The SMILES string of the molecule is N#CC1=Cc2c(oc3ccccc3c2=O)[C@H](c2ccccc2)[C@@H]2C=CC=CN12. The average Bonchev–Trinajstić information content (AvgIpc) is 2.89. The van der Waals surface area contributed by atoms with Crippen molar-refractivity contribution in [3.05, 3.63) is 112 Å². The van der Waals surface area contributed by atoms with Gasteiger partial charge in [0.25, 0.3) is 0 Å². The number of hydrogen-bond acceptors (Lipinski definition) is 4. The van der Waals surface area contributed by atoms with Crippen molar-refractivity contribution in [3.63, 3.8) is 0 Å². The lowest BCUT2D eigenvalue weighted by atomic mass is 9.86. The third-order valence-corrected chi connectivity index (χ3v) is 5.31. The molecule has 0 N–H and O–H groups in total. The predicted octanol–water partition coefficient (Wildman–Crippen LogP) is 4.56. The Morgan fingerprint density at radius 2 is 1.79 bits per heavy atom. The van der Waals surface area contributed by atoms with E-state index in [0.717, 1.165) is 5.56 Å². The number of fused-ring (bicyclic) bond motifs is 3. The summed E-state index contributed by atoms with van der Waals surface area (Å²) in [5.74, 6) is 0.368. The molecule has 0 bridgehead atoms. The molecule has 0 saturated heterocycles. The standard InChI is InChI=1S/C24H16N2O2/c25-15-17-14-19-23(27)18-10-4-5-12-21(18)28-24(19)22(16-8-2-1-3-9-16)20-11-6-7-13-26(17)20/h1-14,20,22H/t20-,22+/m0/s1. The van der Waals surface area contributed by atoms with E-state index < -0.39 is 0 Å². The fourth-order valence-corrected chi connectivity index (χ4v) is 4.03. The summed E-state index contributed by atoms with van der Waals surface area (Å²) in [5, 5.41) is 10.3. The van der Waals surface area contributed by atoms with Gasteiger partial charge >= 0.3 is 0 Å². The molecular weight excluding hydrogens is 348 g/mol. The molecule has 0 spiro atoms. The topological polar surface area (TPSA) is 57.2 Å². The van der Waals surface area contributed by atoms with Crippen LogP contribution >= 0.6 is 0 Å². The quantitative estimate of drug-likeness (QED) is 0.635. The second kappa shape index (κ2) is 6.40. The molecule has 2 aliphatic rings. The van der Waals surface area contributed by atoms with Gasteiger partial charge in [0.15, 0.2) is 5.43 Å². The normalized spacial score (nSPS) is 20.1. The molecule has 28 heavy (non-hydrogen) atoms. The van der Waals surface area contributed by atoms with Crippen molar-refractivity contribution in [2.75, 3.05) is 0 Å². The Morgan fingerprint density at radius 3 is 2.61 bits per heavy atom. The Morgan fingerprint density at radius 1 is 1.00 bits per heavy atom. The molecule has 2 atom stereocenters. The Hall–Kier alpha value is -3.84. The second-order valence-corrected chi connectivity index (χ2v) is 6.86. The number of rotatable bonds is 1. The number of para-hydroxylation sites is 1. The van der Waals surface area contributed by atoms with Crippen molar-refractivity contribution in [3.8, 4) is 6.07 Å². The summed E-state index contributed by atoms with van der Waals surface area (Å²) in [6, 6.07) is 19.3. The highest BCUT2D eigenvalue weighted by molar-refractivity contribution is 5.80. The van der Waals surface area contributed by atoms with Crippen LogP contribution in [0.2, 0.25) is 0 Å². The molecule has 0 aliphatic carbocycles. The summed E-state index contributed by atoms with van der Waals surface area (Å²) in [4.78, 5) is 15.2. The van der Waals surface area contributed by atoms with Crippen molar-refractivity contribution in [2.45, 2.75) is 12.0 Å². The lowest BCUT2D eigenvalue weighted by molar-refractivity contribution is 0.349. The van der Waals surface area contributed by atoms with Crippen LogP contribution in [0.3, 0.4) is 0 Å². The fourth-order valence-electron chi connectivity index (χ4n) is 4.03. The van der Waals surface area contributed by atoms with Crippen LogP contribution in [0.1, 0.15) is 22.8 Å². The van der Waals surface area contributed by atoms with Gasteiger partial charge in [-0.15, -0.1) is 0 Å². The van der Waals surface area contributed by atoms with Crippen molar-refractivity contribution in [1.82, 2.24) is 4.90 Å². The largest absolute Gasteiger partial charge is 0.459 e. The minimum Gasteiger partial charge on any atom is -0.459 e. The zero-order valence-electron chi connectivity index (χ0n) is 14.9. The van der Waals surface area contributed by atoms with Crippen molar-refractivity contribution in [1.29, 1.82) is 5.26 Å². The van der Waals surface area contributed by atoms with Crippen molar-refractivity contribution >= 4 is 17.0 Å². The Balaban J connectivity index is 1.89. The van der Waals surface area contributed by atoms with Gasteiger partial charge in [0.05, 0.1) is 22.9 Å². The van der Waals surface area contributed by atoms with E-state index >= 15 is 0 Å². The molecule has 3 heterocycles. The Bertz CT molecular complexity index is 1260. The number of nitriles is 1. The smallest absolute Gasteiger partial charge is 0.200 e. The molecule has 2 aromatic carbocycles. The summed E-state index contributed by atoms with van der Waals surface area (Å²) in [5.41, 5.74) is 2.35. The molecule has 3 aromatic rings. The van der Waals surface area contributed by atoms with Gasteiger partial charge in [-0.05, 0) is 29.8 Å². The van der Waals surface area contributed by atoms with Gasteiger partial charge in [0.1, 0.15) is 23.1 Å². The number of benzene rings is 2. The van der Waals surface area contributed by atoms with Gasteiger partial charge in [-0.25, -0.2) is 0 Å². The predicted molar refractivity (Wildman–Crippen MR) is 108 cm³/mol. The van der Waals surface area contributed by atoms with E-state index in [1.165, 1.54) is 0 Å². The lowest BCUT2D eigenvalue weighted by Crippen LogP contribution is -2.34. The molecule has 1 aromatic heterocycles. The molecule has 0 amide bonds. The molecule has 5 rings (SSSR count). The summed E-state index contributed by atoms with van der Waals surface area (Å²) in [6.07, 6.45) is 9.45. The van der Waals surface area contributed by atoms with E-state index in [9.17, 15) is 10.1 Å². The van der Waals surface area contributed by atoms with E-state index in [1.54, 1.807) is 12.1 Å². The first-order valence-electron chi connectivity index (χ1n) is 9.14. The monoisotopic (exact) mass is 364 g/mol. The van der Waals surface area contributed by atoms with Crippen LogP contribution in [0, 0.1) is 11.3 Å². The first kappa shape index (κ1) is 16.3. The highest BCUT2D eigenvalue weighted by Gasteiger charge is 2.36.